The first kappa shape index (κ1) is 26.3. The van der Waals surface area contributed by atoms with Crippen molar-refractivity contribution < 1.29 is 23.9 Å². The van der Waals surface area contributed by atoms with Crippen molar-refractivity contribution in [2.45, 2.75) is 13.5 Å². The summed E-state index contributed by atoms with van der Waals surface area (Å²) in [6.07, 6.45) is 1.35. The summed E-state index contributed by atoms with van der Waals surface area (Å²) in [7, 11) is 1.47. The number of methoxy groups -OCH3 is 1. The maximum absolute atomic E-state index is 13.3. The lowest BCUT2D eigenvalue weighted by atomic mass is 10.0. The summed E-state index contributed by atoms with van der Waals surface area (Å²) in [4.78, 5) is 39.5. The van der Waals surface area contributed by atoms with Crippen molar-refractivity contribution in [2.24, 2.45) is 0 Å². The van der Waals surface area contributed by atoms with Crippen LogP contribution in [0.2, 0.25) is 10.0 Å². The summed E-state index contributed by atoms with van der Waals surface area (Å²) < 4.78 is 11.6. The number of nitrogens with zero attached hydrogens (tertiary/aromatic N) is 1. The Kier molecular flexibility index (Phi) is 7.28. The number of barbiturate groups is 1. The maximum Gasteiger partial charge on any atom is 0.335 e. The molecule has 0 atom stereocenters. The third-order valence-corrected chi connectivity index (χ3v) is 7.09. The van der Waals surface area contributed by atoms with E-state index in [0.29, 0.717) is 27.6 Å². The van der Waals surface area contributed by atoms with Gasteiger partial charge in [-0.25, -0.2) is 9.69 Å². The van der Waals surface area contributed by atoms with Crippen LogP contribution in [0.1, 0.15) is 16.7 Å². The highest BCUT2D eigenvalue weighted by atomic mass is 35.5. The van der Waals surface area contributed by atoms with E-state index in [-0.39, 0.29) is 22.9 Å². The largest absolute Gasteiger partial charge is 0.493 e. The molecule has 4 amide bonds. The zero-order chi connectivity index (χ0) is 27.7. The topological polar surface area (TPSA) is 84.9 Å². The quantitative estimate of drug-likeness (QED) is 0.209. The molecular formula is C30H22Cl2N2O5. The Morgan fingerprint density at radius 3 is 2.46 bits per heavy atom. The molecule has 4 aromatic rings. The van der Waals surface area contributed by atoms with Crippen molar-refractivity contribution in [3.05, 3.63) is 105 Å². The molecule has 1 aliphatic rings. The number of hydrogen-bond donors (Lipinski definition) is 1. The summed E-state index contributed by atoms with van der Waals surface area (Å²) in [6.45, 7) is 1.93. The van der Waals surface area contributed by atoms with Crippen LogP contribution in [0.25, 0.3) is 16.8 Å². The molecule has 1 aliphatic heterocycles. The number of nitrogens with one attached hydrogen (secondary N) is 1. The molecule has 0 aliphatic carbocycles. The molecule has 0 saturated carbocycles. The number of hydrogen-bond acceptors (Lipinski definition) is 5. The van der Waals surface area contributed by atoms with Gasteiger partial charge in [-0.15, -0.1) is 0 Å². The monoisotopic (exact) mass is 560 g/mol. The fourth-order valence-corrected chi connectivity index (χ4v) is 4.86. The van der Waals surface area contributed by atoms with Gasteiger partial charge in [0.1, 0.15) is 12.2 Å². The molecule has 0 unspecified atom stereocenters. The molecule has 39 heavy (non-hydrogen) atoms. The molecule has 196 valence electrons. The van der Waals surface area contributed by atoms with Gasteiger partial charge in [0.2, 0.25) is 0 Å². The molecule has 0 bridgehead atoms. The Morgan fingerprint density at radius 1 is 0.923 bits per heavy atom. The number of ether oxygens (including phenoxy) is 2. The van der Waals surface area contributed by atoms with Crippen LogP contribution in [0.5, 0.6) is 11.5 Å². The highest BCUT2D eigenvalue weighted by Gasteiger charge is 2.37. The summed E-state index contributed by atoms with van der Waals surface area (Å²) in [5.41, 5.74) is 1.93. The molecule has 1 fully saturated rings. The van der Waals surface area contributed by atoms with E-state index in [4.69, 9.17) is 32.7 Å². The first-order valence-corrected chi connectivity index (χ1v) is 12.7. The molecule has 5 rings (SSSR count). The second-order valence-electron chi connectivity index (χ2n) is 8.80. The molecule has 0 aromatic heterocycles. The van der Waals surface area contributed by atoms with E-state index in [0.717, 1.165) is 21.2 Å². The fourth-order valence-electron chi connectivity index (χ4n) is 4.41. The number of fused-ring (bicyclic) bond motifs is 1. The minimum Gasteiger partial charge on any atom is -0.493 e. The molecule has 9 heteroatoms. The van der Waals surface area contributed by atoms with Gasteiger partial charge in [0.15, 0.2) is 11.5 Å². The summed E-state index contributed by atoms with van der Waals surface area (Å²) in [6, 6.07) is 21.1. The smallest absolute Gasteiger partial charge is 0.335 e. The van der Waals surface area contributed by atoms with Crippen molar-refractivity contribution in [3.63, 3.8) is 0 Å². The number of imide groups is 2. The van der Waals surface area contributed by atoms with Gasteiger partial charge in [-0.1, -0.05) is 71.7 Å². The Morgan fingerprint density at radius 2 is 1.67 bits per heavy atom. The standard InChI is InChI=1S/C30H22Cl2N2O5/c1-17-23(31)11-6-12-25(17)34-29(36)22(28(35)33-30(34)37)13-18-14-24(32)27(26(15-18)38-2)39-16-20-9-5-8-19-7-3-4-10-21(19)20/h3-15H,16H2,1-2H3,(H,33,35,37)/b22-13+. The van der Waals surface area contributed by atoms with Crippen molar-refractivity contribution in [3.8, 4) is 11.5 Å². The van der Waals surface area contributed by atoms with Gasteiger partial charge in [0.25, 0.3) is 11.8 Å². The van der Waals surface area contributed by atoms with Crippen LogP contribution >= 0.6 is 23.2 Å². The highest BCUT2D eigenvalue weighted by molar-refractivity contribution is 6.40. The molecule has 7 nitrogen and oxygen atoms in total. The van der Waals surface area contributed by atoms with Gasteiger partial charge in [-0.3, -0.25) is 14.9 Å². The van der Waals surface area contributed by atoms with Crippen molar-refractivity contribution in [2.75, 3.05) is 12.0 Å². The molecule has 1 N–H and O–H groups in total. The van der Waals surface area contributed by atoms with Gasteiger partial charge in [-0.05, 0) is 64.7 Å². The lowest BCUT2D eigenvalue weighted by Crippen LogP contribution is -2.54. The zero-order valence-electron chi connectivity index (χ0n) is 21.0. The van der Waals surface area contributed by atoms with Crippen LogP contribution in [-0.2, 0) is 16.2 Å². The Labute approximate surface area is 234 Å². The summed E-state index contributed by atoms with van der Waals surface area (Å²) >= 11 is 12.8. The molecule has 0 spiro atoms. The first-order valence-electron chi connectivity index (χ1n) is 11.9. The molecular weight excluding hydrogens is 539 g/mol. The van der Waals surface area contributed by atoms with Crippen molar-refractivity contribution in [1.29, 1.82) is 0 Å². The van der Waals surface area contributed by atoms with Crippen LogP contribution in [0.15, 0.2) is 78.4 Å². The highest BCUT2D eigenvalue weighted by Crippen LogP contribution is 2.38. The van der Waals surface area contributed by atoms with Gasteiger partial charge in [-0.2, -0.15) is 0 Å². The lowest BCUT2D eigenvalue weighted by molar-refractivity contribution is -0.122. The Hall–Kier alpha value is -4.33. The third kappa shape index (κ3) is 5.06. The number of urea groups is 1. The van der Waals surface area contributed by atoms with Gasteiger partial charge in [0, 0.05) is 5.02 Å². The van der Waals surface area contributed by atoms with Crippen LogP contribution in [0.4, 0.5) is 10.5 Å². The van der Waals surface area contributed by atoms with E-state index < -0.39 is 17.8 Å². The predicted molar refractivity (Wildman–Crippen MR) is 151 cm³/mol. The summed E-state index contributed by atoms with van der Waals surface area (Å²) in [5.74, 6) is -0.982. The average Bonchev–Trinajstić information content (AvgIpc) is 2.92. The van der Waals surface area contributed by atoms with Gasteiger partial charge >= 0.3 is 6.03 Å². The van der Waals surface area contributed by atoms with E-state index >= 15 is 0 Å². The number of carbonyl (C=O) groups excluding carboxylic acids is 3. The van der Waals surface area contributed by atoms with Gasteiger partial charge in [0.05, 0.1) is 17.8 Å². The maximum atomic E-state index is 13.3. The second-order valence-corrected chi connectivity index (χ2v) is 9.62. The normalized spacial score (nSPS) is 14.6. The molecule has 4 aromatic carbocycles. The number of rotatable bonds is 6. The third-order valence-electron chi connectivity index (χ3n) is 6.40. The molecule has 0 radical (unpaired) electrons. The van der Waals surface area contributed by atoms with E-state index in [1.54, 1.807) is 37.3 Å². The van der Waals surface area contributed by atoms with E-state index in [1.807, 2.05) is 42.5 Å². The van der Waals surface area contributed by atoms with Gasteiger partial charge < -0.3 is 9.47 Å². The number of halogens is 2. The number of anilines is 1. The Bertz CT molecular complexity index is 1680. The molecule has 1 heterocycles. The van der Waals surface area contributed by atoms with Crippen molar-refractivity contribution >= 4 is 63.6 Å². The number of carbonyl (C=O) groups is 3. The zero-order valence-corrected chi connectivity index (χ0v) is 22.5. The Balaban J connectivity index is 1.46. The van der Waals surface area contributed by atoms with Crippen LogP contribution < -0.4 is 19.7 Å². The van der Waals surface area contributed by atoms with Crippen LogP contribution in [0.3, 0.4) is 0 Å². The SMILES string of the molecule is COc1cc(/C=C2\C(=O)NC(=O)N(c3cccc(Cl)c3C)C2=O)cc(Cl)c1OCc1cccc2ccccc12. The minimum absolute atomic E-state index is 0.226. The average molecular weight is 561 g/mol. The fraction of sp³-hybridized carbons (Fsp3) is 0.100. The lowest BCUT2D eigenvalue weighted by Gasteiger charge is -2.27. The van der Waals surface area contributed by atoms with E-state index in [1.165, 1.54) is 13.2 Å². The van der Waals surface area contributed by atoms with Crippen LogP contribution in [0, 0.1) is 6.92 Å². The van der Waals surface area contributed by atoms with Crippen LogP contribution in [-0.4, -0.2) is 25.0 Å². The second kappa shape index (κ2) is 10.8. The predicted octanol–water partition coefficient (Wildman–Crippen LogP) is 6.71. The van der Waals surface area contributed by atoms with Crippen molar-refractivity contribution in [1.82, 2.24) is 5.32 Å². The first-order chi connectivity index (χ1) is 18.8. The number of amides is 4. The summed E-state index contributed by atoms with van der Waals surface area (Å²) in [5, 5.41) is 4.97. The number of benzene rings is 4. The van der Waals surface area contributed by atoms with E-state index in [2.05, 4.69) is 5.32 Å². The minimum atomic E-state index is -0.861. The molecule has 1 saturated heterocycles. The van der Waals surface area contributed by atoms with E-state index in [9.17, 15) is 14.4 Å².